The number of carbonyl (C=O) groups excluding carboxylic acids is 1. The fraction of sp³-hybridized carbons (Fsp3) is 0.763. The Morgan fingerprint density at radius 1 is 0.905 bits per heavy atom. The molecule has 232 valence electrons. The maximum Gasteiger partial charge on any atom is 0.228 e. The number of allylic oxidation sites excluding steroid dienone is 2. The Hall–Kier alpha value is -1.65. The van der Waals surface area contributed by atoms with Crippen molar-refractivity contribution in [2.45, 2.75) is 125 Å². The van der Waals surface area contributed by atoms with Crippen LogP contribution in [0.3, 0.4) is 0 Å². The number of amides is 1. The van der Waals surface area contributed by atoms with E-state index in [2.05, 4.69) is 90.2 Å². The molecule has 0 aromatic heterocycles. The third kappa shape index (κ3) is 4.09. The molecule has 6 rings (SSSR count). The lowest BCUT2D eigenvalue weighted by Crippen LogP contribution is -2.67. The number of hydrogen-bond acceptors (Lipinski definition) is 3. The van der Waals surface area contributed by atoms with Crippen molar-refractivity contribution < 1.29 is 14.6 Å². The highest BCUT2D eigenvalue weighted by Crippen LogP contribution is 2.75. The van der Waals surface area contributed by atoms with Gasteiger partial charge in [-0.05, 0) is 110 Å². The van der Waals surface area contributed by atoms with Crippen molar-refractivity contribution in [2.24, 2.45) is 50.2 Å². The normalized spacial score (nSPS) is 47.6. The van der Waals surface area contributed by atoms with Gasteiger partial charge >= 0.3 is 0 Å². The van der Waals surface area contributed by atoms with Gasteiger partial charge in [0.05, 0.1) is 24.2 Å². The highest BCUT2D eigenvalue weighted by atomic mass is 16.5. The van der Waals surface area contributed by atoms with Gasteiger partial charge in [0.25, 0.3) is 0 Å². The van der Waals surface area contributed by atoms with Gasteiger partial charge in [-0.15, -0.1) is 0 Å². The molecule has 1 aromatic rings. The Kier molecular flexibility index (Phi) is 7.18. The number of ether oxygens (including phenoxy) is 1. The summed E-state index contributed by atoms with van der Waals surface area (Å²) in [7, 11) is 1.73. The van der Waals surface area contributed by atoms with Gasteiger partial charge in [0.2, 0.25) is 5.91 Å². The lowest BCUT2D eigenvalue weighted by Gasteiger charge is -2.71. The standard InChI is InChI=1S/C38H57NO3/c1-33(2)22-27-26-14-15-28-35(4)18-17-30(40)38(7,32(41)39-8)29(35)16-19-37(28,6)36(26,5)21-20-34(27,3)31(23-33)42-24-25-12-10-9-11-13-25/h9-14,27-31,40H,15-24H2,1-8H3,(H,39,41)/t27-,28?,29?,30-,31+,34+,35+,36+,37+,38+/m0/s1. The molecule has 1 amide bonds. The molecule has 5 aliphatic carbocycles. The predicted molar refractivity (Wildman–Crippen MR) is 170 cm³/mol. The van der Waals surface area contributed by atoms with Crippen LogP contribution in [0.25, 0.3) is 0 Å². The largest absolute Gasteiger partial charge is 0.392 e. The molecule has 2 N–H and O–H groups in total. The number of aliphatic hydroxyl groups is 1. The molecule has 4 saturated carbocycles. The molecule has 42 heavy (non-hydrogen) atoms. The SMILES string of the molecule is CNC(=O)[C@]1(C)C2CC[C@]3(C)C(CC=C4[C@@H]5CC(C)(C)C[C@@H](OCc6ccccc6)[C@]5(C)CC[C@]43C)[C@@]2(C)CC[C@@H]1O. The summed E-state index contributed by atoms with van der Waals surface area (Å²) in [4.78, 5) is 13.4. The van der Waals surface area contributed by atoms with Crippen LogP contribution in [0, 0.1) is 50.2 Å². The first kappa shape index (κ1) is 30.4. The van der Waals surface area contributed by atoms with Crippen molar-refractivity contribution in [1.29, 1.82) is 0 Å². The van der Waals surface area contributed by atoms with Gasteiger partial charge in [-0.25, -0.2) is 0 Å². The number of nitrogens with one attached hydrogen (secondary N) is 1. The fourth-order valence-corrected chi connectivity index (χ4v) is 11.9. The molecular formula is C38H57NO3. The van der Waals surface area contributed by atoms with Crippen molar-refractivity contribution >= 4 is 5.91 Å². The summed E-state index contributed by atoms with van der Waals surface area (Å²) >= 11 is 0. The second-order valence-corrected chi connectivity index (χ2v) is 17.1. The number of rotatable bonds is 4. The molecule has 0 heterocycles. The molecule has 5 aliphatic rings. The van der Waals surface area contributed by atoms with E-state index in [0.29, 0.717) is 24.9 Å². The Bertz CT molecular complexity index is 1240. The van der Waals surface area contributed by atoms with Crippen molar-refractivity contribution in [2.75, 3.05) is 7.05 Å². The first-order valence-electron chi connectivity index (χ1n) is 16.9. The lowest BCUT2D eigenvalue weighted by molar-refractivity contribution is -0.214. The van der Waals surface area contributed by atoms with Gasteiger partial charge < -0.3 is 15.2 Å². The van der Waals surface area contributed by atoms with Crippen molar-refractivity contribution in [3.8, 4) is 0 Å². The van der Waals surface area contributed by atoms with Crippen LogP contribution in [-0.2, 0) is 16.1 Å². The van der Waals surface area contributed by atoms with Crippen LogP contribution in [0.4, 0.5) is 0 Å². The predicted octanol–water partition coefficient (Wildman–Crippen LogP) is 8.09. The molecule has 0 spiro atoms. The average Bonchev–Trinajstić information content (AvgIpc) is 2.95. The number of hydrogen-bond donors (Lipinski definition) is 2. The van der Waals surface area contributed by atoms with E-state index in [4.69, 9.17) is 4.74 Å². The van der Waals surface area contributed by atoms with Crippen LogP contribution in [0.15, 0.2) is 42.0 Å². The summed E-state index contributed by atoms with van der Waals surface area (Å²) in [5.74, 6) is 1.27. The van der Waals surface area contributed by atoms with E-state index in [1.165, 1.54) is 24.8 Å². The molecule has 2 unspecified atom stereocenters. The molecule has 0 bridgehead atoms. The Labute approximate surface area is 255 Å². The van der Waals surface area contributed by atoms with Crippen molar-refractivity contribution in [1.82, 2.24) is 5.32 Å². The van der Waals surface area contributed by atoms with Crippen LogP contribution in [0.5, 0.6) is 0 Å². The zero-order valence-corrected chi connectivity index (χ0v) is 27.7. The summed E-state index contributed by atoms with van der Waals surface area (Å²) in [5.41, 5.74) is 3.00. The zero-order chi connectivity index (χ0) is 30.3. The molecule has 0 radical (unpaired) electrons. The summed E-state index contributed by atoms with van der Waals surface area (Å²) in [5, 5.41) is 14.2. The monoisotopic (exact) mass is 575 g/mol. The number of aliphatic hydroxyl groups excluding tert-OH is 1. The third-order valence-corrected chi connectivity index (χ3v) is 14.7. The Morgan fingerprint density at radius 2 is 1.62 bits per heavy atom. The Balaban J connectivity index is 1.35. The van der Waals surface area contributed by atoms with Crippen molar-refractivity contribution in [3.63, 3.8) is 0 Å². The molecule has 0 aliphatic heterocycles. The van der Waals surface area contributed by atoms with Crippen LogP contribution < -0.4 is 5.32 Å². The lowest BCUT2D eigenvalue weighted by atomic mass is 9.33. The molecule has 10 atom stereocenters. The minimum Gasteiger partial charge on any atom is -0.392 e. The highest BCUT2D eigenvalue weighted by Gasteiger charge is 2.70. The molecular weight excluding hydrogens is 518 g/mol. The zero-order valence-electron chi connectivity index (χ0n) is 27.7. The van der Waals surface area contributed by atoms with Gasteiger partial charge in [0.1, 0.15) is 0 Å². The first-order valence-corrected chi connectivity index (χ1v) is 16.9. The molecule has 4 fully saturated rings. The Morgan fingerprint density at radius 3 is 2.31 bits per heavy atom. The topological polar surface area (TPSA) is 58.6 Å². The van der Waals surface area contributed by atoms with E-state index in [0.717, 1.165) is 32.1 Å². The van der Waals surface area contributed by atoms with E-state index in [1.807, 2.05) is 0 Å². The van der Waals surface area contributed by atoms with Gasteiger partial charge in [-0.3, -0.25) is 4.79 Å². The van der Waals surface area contributed by atoms with Crippen LogP contribution in [-0.4, -0.2) is 30.3 Å². The van der Waals surface area contributed by atoms with E-state index < -0.39 is 11.5 Å². The second kappa shape index (κ2) is 9.93. The van der Waals surface area contributed by atoms with E-state index in [9.17, 15) is 9.90 Å². The van der Waals surface area contributed by atoms with Crippen LogP contribution in [0.2, 0.25) is 0 Å². The first-order chi connectivity index (χ1) is 19.7. The minimum absolute atomic E-state index is 0.0206. The highest BCUT2D eigenvalue weighted by molar-refractivity contribution is 5.83. The molecule has 4 nitrogen and oxygen atoms in total. The smallest absolute Gasteiger partial charge is 0.228 e. The summed E-state index contributed by atoms with van der Waals surface area (Å²) in [6.45, 7) is 17.9. The molecule has 1 aromatic carbocycles. The fourth-order valence-electron chi connectivity index (χ4n) is 11.9. The number of carbonyl (C=O) groups is 1. The quantitative estimate of drug-likeness (QED) is 0.357. The van der Waals surface area contributed by atoms with Gasteiger partial charge in [0.15, 0.2) is 0 Å². The van der Waals surface area contributed by atoms with E-state index >= 15 is 0 Å². The number of fused-ring (bicyclic) bond motifs is 7. The maximum absolute atomic E-state index is 13.4. The maximum atomic E-state index is 13.4. The number of benzene rings is 1. The summed E-state index contributed by atoms with van der Waals surface area (Å²) < 4.78 is 6.89. The van der Waals surface area contributed by atoms with Gasteiger partial charge in [0, 0.05) is 12.5 Å². The summed E-state index contributed by atoms with van der Waals surface area (Å²) in [6, 6.07) is 10.7. The average molecular weight is 576 g/mol. The van der Waals surface area contributed by atoms with Gasteiger partial charge in [-0.2, -0.15) is 0 Å². The van der Waals surface area contributed by atoms with Crippen molar-refractivity contribution in [3.05, 3.63) is 47.5 Å². The van der Waals surface area contributed by atoms with E-state index in [-0.39, 0.29) is 45.0 Å². The second-order valence-electron chi connectivity index (χ2n) is 17.1. The van der Waals surface area contributed by atoms with E-state index in [1.54, 1.807) is 12.6 Å². The van der Waals surface area contributed by atoms with Gasteiger partial charge in [-0.1, -0.05) is 83.5 Å². The molecule has 0 saturated heterocycles. The molecule has 4 heteroatoms. The summed E-state index contributed by atoms with van der Waals surface area (Å²) in [6.07, 6.45) is 12.1. The van der Waals surface area contributed by atoms with Crippen LogP contribution >= 0.6 is 0 Å². The van der Waals surface area contributed by atoms with Crippen LogP contribution in [0.1, 0.15) is 112 Å². The third-order valence-electron chi connectivity index (χ3n) is 14.7. The minimum atomic E-state index is -0.726.